The van der Waals surface area contributed by atoms with Crippen LogP contribution in [0.3, 0.4) is 0 Å². The van der Waals surface area contributed by atoms with Crippen LogP contribution in [0, 0.1) is 0 Å². The molecule has 0 bridgehead atoms. The van der Waals surface area contributed by atoms with Gasteiger partial charge in [0.05, 0.1) is 0 Å². The molecule has 0 saturated carbocycles. The van der Waals surface area contributed by atoms with E-state index in [1.54, 1.807) is 10.6 Å². The number of aliphatic hydroxyl groups is 1. The molecule has 1 amide bonds. The Hall–Kier alpha value is -2.61. The fourth-order valence-corrected chi connectivity index (χ4v) is 2.98. The van der Waals surface area contributed by atoms with Crippen molar-refractivity contribution >= 4 is 17.5 Å². The summed E-state index contributed by atoms with van der Waals surface area (Å²) in [5, 5.41) is 13.6. The van der Waals surface area contributed by atoms with Crippen molar-refractivity contribution in [3.8, 4) is 0 Å². The van der Waals surface area contributed by atoms with E-state index in [-0.39, 0.29) is 12.5 Å². The molecule has 8 heteroatoms. The van der Waals surface area contributed by atoms with Crippen LogP contribution < -0.4 is 15.1 Å². The van der Waals surface area contributed by atoms with E-state index >= 15 is 0 Å². The van der Waals surface area contributed by atoms with Gasteiger partial charge >= 0.3 is 0 Å². The highest BCUT2D eigenvalue weighted by molar-refractivity contribution is 5.92. The molecule has 3 heterocycles. The molecule has 1 saturated heterocycles. The van der Waals surface area contributed by atoms with Crippen molar-refractivity contribution in [2.75, 3.05) is 43.5 Å². The highest BCUT2D eigenvalue weighted by Crippen LogP contribution is 2.26. The summed E-state index contributed by atoms with van der Waals surface area (Å²) in [6, 6.07) is 5.47. The van der Waals surface area contributed by atoms with Gasteiger partial charge in [0.1, 0.15) is 29.3 Å². The van der Waals surface area contributed by atoms with Crippen molar-refractivity contribution in [2.24, 2.45) is 7.05 Å². The molecule has 1 aliphatic rings. The second-order valence-electron chi connectivity index (χ2n) is 6.71. The largest absolute Gasteiger partial charge is 0.386 e. The molecule has 134 valence electrons. The fraction of sp³-hybridized carbons (Fsp3) is 0.471. The van der Waals surface area contributed by atoms with Crippen LogP contribution in [-0.4, -0.2) is 64.9 Å². The Morgan fingerprint density at radius 1 is 1.44 bits per heavy atom. The van der Waals surface area contributed by atoms with E-state index in [2.05, 4.69) is 15.3 Å². The third-order valence-electron chi connectivity index (χ3n) is 4.51. The van der Waals surface area contributed by atoms with E-state index in [1.807, 2.05) is 49.3 Å². The Morgan fingerprint density at radius 3 is 2.92 bits per heavy atom. The maximum atomic E-state index is 12.2. The lowest BCUT2D eigenvalue weighted by molar-refractivity contribution is 0.0573. The Balaban J connectivity index is 1.62. The monoisotopic (exact) mass is 344 g/mol. The van der Waals surface area contributed by atoms with Crippen LogP contribution in [0.4, 0.5) is 11.6 Å². The minimum Gasteiger partial charge on any atom is -0.386 e. The zero-order valence-electron chi connectivity index (χ0n) is 14.8. The van der Waals surface area contributed by atoms with E-state index in [0.29, 0.717) is 25.2 Å². The summed E-state index contributed by atoms with van der Waals surface area (Å²) >= 11 is 0. The lowest BCUT2D eigenvalue weighted by atomic mass is 10.0. The van der Waals surface area contributed by atoms with Crippen molar-refractivity contribution < 1.29 is 9.90 Å². The molecule has 0 aliphatic carbocycles. The van der Waals surface area contributed by atoms with Gasteiger partial charge in [-0.1, -0.05) is 0 Å². The van der Waals surface area contributed by atoms with Gasteiger partial charge in [0.2, 0.25) is 0 Å². The van der Waals surface area contributed by atoms with Crippen molar-refractivity contribution in [2.45, 2.75) is 12.0 Å². The normalized spacial score (nSPS) is 19.9. The first kappa shape index (κ1) is 17.2. The Kier molecular flexibility index (Phi) is 4.63. The highest BCUT2D eigenvalue weighted by atomic mass is 16.3. The lowest BCUT2D eigenvalue weighted by Crippen LogP contribution is -2.45. The minimum absolute atomic E-state index is 0.184. The van der Waals surface area contributed by atoms with Gasteiger partial charge in [-0.05, 0) is 18.6 Å². The first-order valence-electron chi connectivity index (χ1n) is 8.24. The summed E-state index contributed by atoms with van der Waals surface area (Å²) in [4.78, 5) is 24.7. The van der Waals surface area contributed by atoms with E-state index < -0.39 is 5.60 Å². The Bertz CT molecular complexity index is 759. The van der Waals surface area contributed by atoms with Crippen molar-refractivity contribution in [1.29, 1.82) is 0 Å². The molecular weight excluding hydrogens is 320 g/mol. The third kappa shape index (κ3) is 3.74. The minimum atomic E-state index is -0.968. The molecular formula is C17H24N6O2. The molecule has 1 fully saturated rings. The summed E-state index contributed by atoms with van der Waals surface area (Å²) in [6.45, 7) is 1.31. The van der Waals surface area contributed by atoms with Gasteiger partial charge in [-0.2, -0.15) is 0 Å². The van der Waals surface area contributed by atoms with Gasteiger partial charge < -0.3 is 24.8 Å². The standard InChI is InChI=1S/C17H24N6O2/c1-21(2)14-9-15(20-12-19-14)23-8-6-17(25,11-23)10-18-16(24)13-5-4-7-22(13)3/h4-5,7,9,12,25H,6,8,10-11H2,1-3H3,(H,18,24)/t17-/m1/s1. The van der Waals surface area contributed by atoms with Crippen LogP contribution in [-0.2, 0) is 7.05 Å². The quantitative estimate of drug-likeness (QED) is 0.809. The number of aryl methyl sites for hydroxylation is 1. The van der Waals surface area contributed by atoms with Gasteiger partial charge in [0.15, 0.2) is 0 Å². The van der Waals surface area contributed by atoms with Gasteiger partial charge in [-0.15, -0.1) is 0 Å². The predicted molar refractivity (Wildman–Crippen MR) is 95.9 cm³/mol. The SMILES string of the molecule is CN(C)c1cc(N2CC[C@@](O)(CNC(=O)c3cccn3C)C2)ncn1. The van der Waals surface area contributed by atoms with Gasteiger partial charge in [-0.25, -0.2) is 9.97 Å². The zero-order chi connectivity index (χ0) is 18.0. The molecule has 0 unspecified atom stereocenters. The zero-order valence-corrected chi connectivity index (χ0v) is 14.8. The van der Waals surface area contributed by atoms with Crippen LogP contribution in [0.5, 0.6) is 0 Å². The summed E-state index contributed by atoms with van der Waals surface area (Å²) in [7, 11) is 5.66. The van der Waals surface area contributed by atoms with Crippen LogP contribution >= 0.6 is 0 Å². The molecule has 25 heavy (non-hydrogen) atoms. The number of amides is 1. The van der Waals surface area contributed by atoms with E-state index in [4.69, 9.17) is 0 Å². The number of carbonyl (C=O) groups is 1. The first-order valence-corrected chi connectivity index (χ1v) is 8.24. The topological polar surface area (TPSA) is 86.5 Å². The summed E-state index contributed by atoms with van der Waals surface area (Å²) in [5.74, 6) is 1.41. The summed E-state index contributed by atoms with van der Waals surface area (Å²) in [5.41, 5.74) is -0.394. The molecule has 0 aromatic carbocycles. The molecule has 2 aromatic rings. The number of carbonyl (C=O) groups excluding carboxylic acids is 1. The fourth-order valence-electron chi connectivity index (χ4n) is 2.98. The van der Waals surface area contributed by atoms with Gasteiger partial charge in [0.25, 0.3) is 5.91 Å². The van der Waals surface area contributed by atoms with Crippen LogP contribution in [0.25, 0.3) is 0 Å². The van der Waals surface area contributed by atoms with Crippen LogP contribution in [0.1, 0.15) is 16.9 Å². The smallest absolute Gasteiger partial charge is 0.267 e. The predicted octanol–water partition coefficient (Wildman–Crippen LogP) is 0.252. The second-order valence-corrected chi connectivity index (χ2v) is 6.71. The highest BCUT2D eigenvalue weighted by Gasteiger charge is 2.37. The van der Waals surface area contributed by atoms with E-state index in [9.17, 15) is 9.90 Å². The molecule has 3 rings (SSSR count). The average Bonchev–Trinajstić information content (AvgIpc) is 3.19. The molecule has 8 nitrogen and oxygen atoms in total. The molecule has 2 aromatic heterocycles. The van der Waals surface area contributed by atoms with E-state index in [1.165, 1.54) is 6.33 Å². The number of nitrogens with zero attached hydrogens (tertiary/aromatic N) is 5. The first-order chi connectivity index (χ1) is 11.9. The summed E-state index contributed by atoms with van der Waals surface area (Å²) < 4.78 is 1.75. The lowest BCUT2D eigenvalue weighted by Gasteiger charge is -2.24. The van der Waals surface area contributed by atoms with Gasteiger partial charge in [0, 0.05) is 53.0 Å². The number of rotatable bonds is 5. The number of hydrogen-bond donors (Lipinski definition) is 2. The number of hydrogen-bond acceptors (Lipinski definition) is 6. The van der Waals surface area contributed by atoms with Gasteiger partial charge in [-0.3, -0.25) is 4.79 Å². The van der Waals surface area contributed by atoms with Crippen molar-refractivity contribution in [1.82, 2.24) is 19.9 Å². The molecule has 2 N–H and O–H groups in total. The molecule has 0 radical (unpaired) electrons. The Morgan fingerprint density at radius 2 is 2.24 bits per heavy atom. The summed E-state index contributed by atoms with van der Waals surface area (Å²) in [6.07, 6.45) is 3.92. The van der Waals surface area contributed by atoms with Crippen molar-refractivity contribution in [3.05, 3.63) is 36.4 Å². The Labute approximate surface area is 147 Å². The number of aromatic nitrogens is 3. The number of anilines is 2. The van der Waals surface area contributed by atoms with Crippen LogP contribution in [0.2, 0.25) is 0 Å². The van der Waals surface area contributed by atoms with Crippen molar-refractivity contribution in [3.63, 3.8) is 0 Å². The average molecular weight is 344 g/mol. The molecule has 0 spiro atoms. The maximum Gasteiger partial charge on any atom is 0.267 e. The number of nitrogens with one attached hydrogen (secondary N) is 1. The molecule has 1 aliphatic heterocycles. The molecule has 1 atom stereocenters. The van der Waals surface area contributed by atoms with E-state index in [0.717, 1.165) is 11.6 Å². The third-order valence-corrected chi connectivity index (χ3v) is 4.51. The van der Waals surface area contributed by atoms with Crippen LogP contribution in [0.15, 0.2) is 30.7 Å². The number of β-amino-alcohol motifs (C(OH)–C–C–N with tert-alkyl or cyclic N) is 1. The second kappa shape index (κ2) is 6.72. The maximum absolute atomic E-state index is 12.2.